The Morgan fingerprint density at radius 2 is 1.88 bits per heavy atom. The van der Waals surface area contributed by atoms with E-state index in [9.17, 15) is 18.8 Å². The number of thioether (sulfide) groups is 1. The molecule has 2 fully saturated rings. The molecule has 0 saturated carbocycles. The molecule has 172 valence electrons. The van der Waals surface area contributed by atoms with Gasteiger partial charge in [-0.1, -0.05) is 31.2 Å². The van der Waals surface area contributed by atoms with Gasteiger partial charge in [-0.05, 0) is 72.0 Å². The van der Waals surface area contributed by atoms with Gasteiger partial charge in [0, 0.05) is 13.1 Å². The topological polar surface area (TPSA) is 66.9 Å². The van der Waals surface area contributed by atoms with Gasteiger partial charge in [-0.3, -0.25) is 19.3 Å². The Morgan fingerprint density at radius 1 is 1.15 bits per heavy atom. The molecule has 2 saturated heterocycles. The summed E-state index contributed by atoms with van der Waals surface area (Å²) < 4.78 is 18.8. The zero-order valence-corrected chi connectivity index (χ0v) is 19.1. The van der Waals surface area contributed by atoms with Gasteiger partial charge < -0.3 is 9.64 Å². The Morgan fingerprint density at radius 3 is 2.61 bits per heavy atom. The van der Waals surface area contributed by atoms with Crippen molar-refractivity contribution in [2.45, 2.75) is 26.4 Å². The molecule has 0 aliphatic carbocycles. The molecule has 6 nitrogen and oxygen atoms in total. The highest BCUT2D eigenvalue weighted by molar-refractivity contribution is 8.18. The Hall–Kier alpha value is -3.13. The molecule has 0 atom stereocenters. The number of amides is 3. The molecule has 2 aliphatic rings. The van der Waals surface area contributed by atoms with Crippen LogP contribution in [-0.2, 0) is 16.2 Å². The second kappa shape index (κ2) is 10.2. The van der Waals surface area contributed by atoms with Gasteiger partial charge in [-0.2, -0.15) is 0 Å². The molecule has 0 radical (unpaired) electrons. The van der Waals surface area contributed by atoms with Crippen LogP contribution in [0.1, 0.15) is 30.9 Å². The van der Waals surface area contributed by atoms with E-state index in [4.69, 9.17) is 4.74 Å². The molecule has 2 aromatic carbocycles. The molecule has 2 aliphatic heterocycles. The molecular formula is C25H25FN2O4S. The first-order valence-electron chi connectivity index (χ1n) is 10.9. The van der Waals surface area contributed by atoms with Gasteiger partial charge in [0.25, 0.3) is 11.1 Å². The molecule has 3 amide bonds. The second-order valence-corrected chi connectivity index (χ2v) is 9.31. The van der Waals surface area contributed by atoms with E-state index in [1.807, 2.05) is 0 Å². The lowest BCUT2D eigenvalue weighted by molar-refractivity contribution is -0.136. The van der Waals surface area contributed by atoms with Crippen LogP contribution < -0.4 is 4.74 Å². The first kappa shape index (κ1) is 23.0. The summed E-state index contributed by atoms with van der Waals surface area (Å²) in [4.78, 5) is 40.8. The van der Waals surface area contributed by atoms with Crippen LogP contribution in [0.2, 0.25) is 0 Å². The number of carbonyl (C=O) groups excluding carboxylic acids is 3. The van der Waals surface area contributed by atoms with Crippen molar-refractivity contribution in [3.8, 4) is 5.75 Å². The van der Waals surface area contributed by atoms with Gasteiger partial charge in [0.05, 0.1) is 4.91 Å². The average Bonchev–Trinajstić information content (AvgIpc) is 3.06. The third-order valence-electron chi connectivity index (χ3n) is 5.78. The van der Waals surface area contributed by atoms with Crippen molar-refractivity contribution >= 4 is 34.9 Å². The van der Waals surface area contributed by atoms with E-state index >= 15 is 0 Å². The molecule has 0 unspecified atom stereocenters. The molecular weight excluding hydrogens is 443 g/mol. The smallest absolute Gasteiger partial charge is 0.294 e. The minimum atomic E-state index is -0.457. The van der Waals surface area contributed by atoms with Crippen LogP contribution in [0.5, 0.6) is 5.75 Å². The fourth-order valence-corrected chi connectivity index (χ4v) is 4.56. The van der Waals surface area contributed by atoms with Gasteiger partial charge in [-0.15, -0.1) is 0 Å². The number of piperidine rings is 1. The molecule has 0 N–H and O–H groups in total. The van der Waals surface area contributed by atoms with Gasteiger partial charge in [0.2, 0.25) is 5.91 Å². The summed E-state index contributed by atoms with van der Waals surface area (Å²) in [6.45, 7) is 3.54. The highest BCUT2D eigenvalue weighted by Crippen LogP contribution is 2.33. The summed E-state index contributed by atoms with van der Waals surface area (Å²) in [5, 5.41) is -0.436. The predicted octanol–water partition coefficient (Wildman–Crippen LogP) is 4.70. The normalized spacial score (nSPS) is 18.3. The molecule has 0 aromatic heterocycles. The molecule has 2 heterocycles. The lowest BCUT2D eigenvalue weighted by Gasteiger charge is -2.31. The van der Waals surface area contributed by atoms with Crippen molar-refractivity contribution in [1.82, 2.24) is 9.80 Å². The van der Waals surface area contributed by atoms with E-state index < -0.39 is 11.1 Å². The molecule has 0 bridgehead atoms. The number of rotatable bonds is 6. The molecule has 2 aromatic rings. The number of benzene rings is 2. The van der Waals surface area contributed by atoms with Crippen LogP contribution in [0.15, 0.2) is 53.4 Å². The van der Waals surface area contributed by atoms with Crippen molar-refractivity contribution in [2.24, 2.45) is 5.92 Å². The van der Waals surface area contributed by atoms with Crippen molar-refractivity contribution in [3.63, 3.8) is 0 Å². The van der Waals surface area contributed by atoms with Crippen LogP contribution in [0.4, 0.5) is 9.18 Å². The first-order chi connectivity index (χ1) is 15.9. The van der Waals surface area contributed by atoms with Crippen LogP contribution >= 0.6 is 11.8 Å². The Bertz CT molecular complexity index is 1080. The number of likely N-dealkylation sites (tertiary alicyclic amines) is 1. The maximum Gasteiger partial charge on any atom is 0.294 e. The third kappa shape index (κ3) is 5.82. The van der Waals surface area contributed by atoms with Crippen LogP contribution in [0.25, 0.3) is 6.08 Å². The SMILES string of the molecule is CC1CCN(C(=O)CN2C(=O)S/C(=C/c3cccc(OCc4ccc(F)cc4)c3)C2=O)CC1. The van der Waals surface area contributed by atoms with Crippen molar-refractivity contribution < 1.29 is 23.5 Å². The Balaban J connectivity index is 1.39. The lowest BCUT2D eigenvalue weighted by atomic mass is 9.99. The highest BCUT2D eigenvalue weighted by atomic mass is 32.2. The van der Waals surface area contributed by atoms with Crippen LogP contribution in [0, 0.1) is 11.7 Å². The molecule has 8 heteroatoms. The number of hydrogen-bond acceptors (Lipinski definition) is 5. The number of ether oxygens (including phenoxy) is 1. The molecule has 4 rings (SSSR count). The predicted molar refractivity (Wildman–Crippen MR) is 125 cm³/mol. The fourth-order valence-electron chi connectivity index (χ4n) is 3.72. The van der Waals surface area contributed by atoms with Crippen molar-refractivity contribution in [3.05, 3.63) is 70.4 Å². The number of hydrogen-bond donors (Lipinski definition) is 0. The fraction of sp³-hybridized carbons (Fsp3) is 0.320. The van der Waals surface area contributed by atoms with Crippen LogP contribution in [-0.4, -0.2) is 46.5 Å². The van der Waals surface area contributed by atoms with Crippen LogP contribution in [0.3, 0.4) is 0 Å². The Kier molecular flexibility index (Phi) is 7.13. The largest absolute Gasteiger partial charge is 0.489 e. The Labute approximate surface area is 196 Å². The van der Waals surface area contributed by atoms with E-state index in [-0.39, 0.29) is 29.8 Å². The van der Waals surface area contributed by atoms with E-state index in [1.54, 1.807) is 47.4 Å². The van der Waals surface area contributed by atoms with Gasteiger partial charge in [0.15, 0.2) is 0 Å². The average molecular weight is 469 g/mol. The van der Waals surface area contributed by atoms with Gasteiger partial charge in [0.1, 0.15) is 24.7 Å². The second-order valence-electron chi connectivity index (χ2n) is 8.32. The molecule has 0 spiro atoms. The monoisotopic (exact) mass is 468 g/mol. The minimum Gasteiger partial charge on any atom is -0.489 e. The van der Waals surface area contributed by atoms with E-state index in [0.717, 1.165) is 35.1 Å². The summed E-state index contributed by atoms with van der Waals surface area (Å²) in [5.41, 5.74) is 1.53. The number of halogens is 1. The van der Waals surface area contributed by atoms with E-state index in [2.05, 4.69) is 6.92 Å². The standard InChI is InChI=1S/C25H25FN2O4S/c1-17-9-11-27(12-10-17)23(29)15-28-24(30)22(33-25(28)31)14-19-3-2-4-21(13-19)32-16-18-5-7-20(26)8-6-18/h2-8,13-14,17H,9-12,15-16H2,1H3/b22-14+. The quantitative estimate of drug-likeness (QED) is 0.575. The minimum absolute atomic E-state index is 0.193. The molecule has 33 heavy (non-hydrogen) atoms. The van der Waals surface area contributed by atoms with Crippen molar-refractivity contribution in [2.75, 3.05) is 19.6 Å². The summed E-state index contributed by atoms with van der Waals surface area (Å²) in [6, 6.07) is 13.2. The van der Waals surface area contributed by atoms with E-state index in [1.165, 1.54) is 12.1 Å². The van der Waals surface area contributed by atoms with Gasteiger partial charge in [-0.25, -0.2) is 4.39 Å². The highest BCUT2D eigenvalue weighted by Gasteiger charge is 2.37. The summed E-state index contributed by atoms with van der Waals surface area (Å²) in [5.74, 6) is 0.219. The number of carbonyl (C=O) groups is 3. The first-order valence-corrected chi connectivity index (χ1v) is 11.7. The maximum atomic E-state index is 13.0. The summed E-state index contributed by atoms with van der Waals surface area (Å²) in [7, 11) is 0. The summed E-state index contributed by atoms with van der Waals surface area (Å²) >= 11 is 0.835. The van der Waals surface area contributed by atoms with Crippen molar-refractivity contribution in [1.29, 1.82) is 0 Å². The lowest BCUT2D eigenvalue weighted by Crippen LogP contribution is -2.45. The third-order valence-corrected chi connectivity index (χ3v) is 6.69. The zero-order chi connectivity index (χ0) is 23.4. The number of nitrogens with zero attached hydrogens (tertiary/aromatic N) is 2. The van der Waals surface area contributed by atoms with Gasteiger partial charge >= 0.3 is 0 Å². The maximum absolute atomic E-state index is 13.0. The summed E-state index contributed by atoms with van der Waals surface area (Å²) in [6.07, 6.45) is 3.50. The number of imide groups is 1. The van der Waals surface area contributed by atoms with E-state index in [0.29, 0.717) is 30.3 Å². The zero-order valence-electron chi connectivity index (χ0n) is 18.3.